The molecule has 4 amide bonds. The minimum Gasteiger partial charge on any atom is -0.496 e. The van der Waals surface area contributed by atoms with Gasteiger partial charge in [-0.15, -0.1) is 11.3 Å². The summed E-state index contributed by atoms with van der Waals surface area (Å²) in [5.41, 5.74) is 2.43. The first-order valence-corrected chi connectivity index (χ1v) is 24.3. The van der Waals surface area contributed by atoms with Crippen molar-refractivity contribution in [3.63, 3.8) is 0 Å². The SMILES string of the molecule is COc1cccc(OC)c1C(=O)N1CCC(CCCCNC(=O)c2cc3ccncc3s2)CC1.O=C(NCCCCC1CCN(C(=O)c2cc(Cl)ccc2Cl)CC1)c1ccc2nccn2c1. The van der Waals surface area contributed by atoms with Crippen LogP contribution in [0.2, 0.25) is 10.0 Å². The molecule has 2 aliphatic heterocycles. The Labute approximate surface area is 399 Å². The van der Waals surface area contributed by atoms with Crippen molar-refractivity contribution in [2.75, 3.05) is 53.5 Å². The average Bonchev–Trinajstić information content (AvgIpc) is 4.02. The molecule has 2 fully saturated rings. The summed E-state index contributed by atoms with van der Waals surface area (Å²) < 4.78 is 13.7. The number of hydrogen-bond donors (Lipinski definition) is 2. The molecule has 13 nitrogen and oxygen atoms in total. The second-order valence-electron chi connectivity index (χ2n) is 16.8. The molecule has 0 bridgehead atoms. The van der Waals surface area contributed by atoms with Gasteiger partial charge in [0.05, 0.1) is 39.9 Å². The van der Waals surface area contributed by atoms with E-state index in [1.54, 1.807) is 75.4 Å². The second kappa shape index (κ2) is 23.7. The topological polar surface area (TPSA) is 147 Å². The monoisotopic (exact) mass is 953 g/mol. The van der Waals surface area contributed by atoms with Crippen molar-refractivity contribution in [3.05, 3.63) is 123 Å². The van der Waals surface area contributed by atoms with E-state index in [4.69, 9.17) is 32.7 Å². The zero-order valence-electron chi connectivity index (χ0n) is 37.5. The van der Waals surface area contributed by atoms with Crippen LogP contribution >= 0.6 is 34.5 Å². The number of ether oxygens (including phenoxy) is 2. The third-order valence-corrected chi connectivity index (χ3v) is 14.1. The Morgan fingerprint density at radius 2 is 1.38 bits per heavy atom. The van der Waals surface area contributed by atoms with Gasteiger partial charge in [0, 0.05) is 75.3 Å². The summed E-state index contributed by atoms with van der Waals surface area (Å²) in [6.45, 7) is 4.28. The predicted octanol–water partition coefficient (Wildman–Crippen LogP) is 9.86. The number of piperidine rings is 2. The van der Waals surface area contributed by atoms with Crippen molar-refractivity contribution in [2.45, 2.75) is 64.2 Å². The molecule has 2 saturated heterocycles. The fourth-order valence-electron chi connectivity index (χ4n) is 8.66. The summed E-state index contributed by atoms with van der Waals surface area (Å²) in [4.78, 5) is 63.4. The number of amides is 4. The first-order chi connectivity index (χ1) is 32.1. The van der Waals surface area contributed by atoms with Gasteiger partial charge in [-0.05, 0) is 110 Å². The number of carbonyl (C=O) groups excluding carboxylic acids is 4. The Morgan fingerprint density at radius 3 is 2.02 bits per heavy atom. The fraction of sp³-hybridized carbons (Fsp3) is 0.400. The number of thiophene rings is 1. The van der Waals surface area contributed by atoms with Gasteiger partial charge in [0.25, 0.3) is 23.6 Å². The minimum atomic E-state index is -0.0629. The standard InChI is InChI=1S/C26H31N3O4S.C24H26Cl2N4O2/c1-32-20-7-5-8-21(33-2)24(20)26(31)29-14-10-18(11-15-29)6-3-4-12-28-25(30)22-16-19-9-13-27-17-23(19)34-22;25-19-5-6-21(26)20(15-19)24(32)29-12-8-17(9-13-29)3-1-2-10-28-23(31)18-4-7-22-27-11-14-30(22)16-18/h5,7-9,13,16-18H,3-4,6,10-12,14-15H2,1-2H3,(H,28,30);4-7,11,14-17H,1-3,8-10,12-13H2,(H,28,31). The van der Waals surface area contributed by atoms with Crippen LogP contribution in [0.15, 0.2) is 91.6 Å². The molecule has 0 unspecified atom stereocenters. The Bertz CT molecular complexity index is 2550. The summed E-state index contributed by atoms with van der Waals surface area (Å²) >= 11 is 13.7. The molecule has 0 radical (unpaired) electrons. The van der Waals surface area contributed by atoms with Crippen molar-refractivity contribution in [3.8, 4) is 11.5 Å². The lowest BCUT2D eigenvalue weighted by molar-refractivity contribution is 0.0673. The maximum Gasteiger partial charge on any atom is 0.261 e. The molecule has 2 N–H and O–H groups in total. The lowest BCUT2D eigenvalue weighted by atomic mass is 9.91. The smallest absolute Gasteiger partial charge is 0.261 e. The average molecular weight is 955 g/mol. The van der Waals surface area contributed by atoms with Crippen LogP contribution in [0.4, 0.5) is 0 Å². The third-order valence-electron chi connectivity index (χ3n) is 12.5. The highest BCUT2D eigenvalue weighted by atomic mass is 35.5. The maximum atomic E-state index is 13.1. The maximum absolute atomic E-state index is 13.1. The summed E-state index contributed by atoms with van der Waals surface area (Å²) in [6, 6.07) is 17.9. The number of rotatable bonds is 16. The molecule has 66 heavy (non-hydrogen) atoms. The quantitative estimate of drug-likeness (QED) is 0.0912. The van der Waals surface area contributed by atoms with E-state index in [0.717, 1.165) is 111 Å². The fourth-order valence-corrected chi connectivity index (χ4v) is 9.98. The van der Waals surface area contributed by atoms with Gasteiger partial charge < -0.3 is 34.3 Å². The number of pyridine rings is 2. The number of carbonyl (C=O) groups is 4. The molecular formula is C50H57Cl2N7O6S. The van der Waals surface area contributed by atoms with Crippen LogP contribution in [0.1, 0.15) is 105 Å². The molecule has 16 heteroatoms. The summed E-state index contributed by atoms with van der Waals surface area (Å²) in [6.07, 6.45) is 19.1. The van der Waals surface area contributed by atoms with Gasteiger partial charge in [-0.2, -0.15) is 0 Å². The first kappa shape index (κ1) is 48.2. The Kier molecular flexibility index (Phi) is 17.3. The molecule has 2 aliphatic rings. The predicted molar refractivity (Wildman–Crippen MR) is 260 cm³/mol. The zero-order chi connectivity index (χ0) is 46.4. The Balaban J connectivity index is 0.000000197. The van der Waals surface area contributed by atoms with Crippen LogP contribution in [0.5, 0.6) is 11.5 Å². The van der Waals surface area contributed by atoms with Gasteiger partial charge >= 0.3 is 0 Å². The van der Waals surface area contributed by atoms with Gasteiger partial charge in [0.1, 0.15) is 22.7 Å². The molecule has 0 aliphatic carbocycles. The van der Waals surface area contributed by atoms with Crippen molar-refractivity contribution in [1.29, 1.82) is 0 Å². The van der Waals surface area contributed by atoms with Crippen LogP contribution in [0, 0.1) is 11.8 Å². The van der Waals surface area contributed by atoms with Crippen LogP contribution in [0.3, 0.4) is 0 Å². The number of likely N-dealkylation sites (tertiary alicyclic amines) is 2. The van der Waals surface area contributed by atoms with E-state index in [9.17, 15) is 19.2 Å². The van der Waals surface area contributed by atoms with Crippen molar-refractivity contribution >= 4 is 73.9 Å². The number of fused-ring (bicyclic) bond motifs is 2. The normalized spacial score (nSPS) is 14.4. The lowest BCUT2D eigenvalue weighted by Gasteiger charge is -2.32. The number of benzene rings is 2. The highest BCUT2D eigenvalue weighted by molar-refractivity contribution is 7.20. The molecule has 4 aromatic heterocycles. The molecule has 0 atom stereocenters. The van der Waals surface area contributed by atoms with Crippen LogP contribution in [0.25, 0.3) is 15.7 Å². The van der Waals surface area contributed by atoms with E-state index in [-0.39, 0.29) is 23.6 Å². The van der Waals surface area contributed by atoms with E-state index in [0.29, 0.717) is 63.2 Å². The van der Waals surface area contributed by atoms with E-state index in [1.165, 1.54) is 11.3 Å². The molecular weight excluding hydrogens is 898 g/mol. The highest BCUT2D eigenvalue weighted by Gasteiger charge is 2.28. The molecule has 6 aromatic rings. The number of hydrogen-bond acceptors (Lipinski definition) is 9. The summed E-state index contributed by atoms with van der Waals surface area (Å²) in [5, 5.41) is 8.04. The minimum absolute atomic E-state index is 0.0141. The van der Waals surface area contributed by atoms with E-state index in [2.05, 4.69) is 20.6 Å². The van der Waals surface area contributed by atoms with E-state index < -0.39 is 0 Å². The van der Waals surface area contributed by atoms with Gasteiger partial charge in [0.15, 0.2) is 0 Å². The summed E-state index contributed by atoms with van der Waals surface area (Å²) in [5.74, 6) is 2.14. The molecule has 348 valence electrons. The molecule has 0 spiro atoms. The highest BCUT2D eigenvalue weighted by Crippen LogP contribution is 2.32. The van der Waals surface area contributed by atoms with Gasteiger partial charge in [-0.3, -0.25) is 24.2 Å². The number of nitrogens with one attached hydrogen (secondary N) is 2. The number of aromatic nitrogens is 3. The molecule has 8 rings (SSSR count). The van der Waals surface area contributed by atoms with E-state index >= 15 is 0 Å². The molecule has 2 aromatic carbocycles. The van der Waals surface area contributed by atoms with Gasteiger partial charge in [0.2, 0.25) is 0 Å². The van der Waals surface area contributed by atoms with Crippen molar-refractivity contribution in [2.24, 2.45) is 11.8 Å². The van der Waals surface area contributed by atoms with Crippen LogP contribution in [-0.4, -0.2) is 101 Å². The van der Waals surface area contributed by atoms with Gasteiger partial charge in [-0.25, -0.2) is 4.98 Å². The number of methoxy groups -OCH3 is 2. The zero-order valence-corrected chi connectivity index (χ0v) is 39.8. The lowest BCUT2D eigenvalue weighted by Crippen LogP contribution is -2.38. The van der Waals surface area contributed by atoms with Crippen molar-refractivity contribution in [1.82, 2.24) is 34.8 Å². The molecule has 6 heterocycles. The Hall–Kier alpha value is -5.70. The van der Waals surface area contributed by atoms with Crippen LogP contribution in [-0.2, 0) is 0 Å². The Morgan fingerprint density at radius 1 is 0.742 bits per heavy atom. The van der Waals surface area contributed by atoms with Crippen molar-refractivity contribution < 1.29 is 28.7 Å². The number of unbranched alkanes of at least 4 members (excludes halogenated alkanes) is 2. The first-order valence-electron chi connectivity index (χ1n) is 22.7. The number of halogens is 2. The summed E-state index contributed by atoms with van der Waals surface area (Å²) in [7, 11) is 3.14. The number of nitrogens with zero attached hydrogens (tertiary/aromatic N) is 5. The van der Waals surface area contributed by atoms with Crippen LogP contribution < -0.4 is 20.1 Å². The van der Waals surface area contributed by atoms with Gasteiger partial charge in [-0.1, -0.05) is 55.0 Å². The second-order valence-corrected chi connectivity index (χ2v) is 18.7. The largest absolute Gasteiger partial charge is 0.496 e. The number of imidazole rings is 1. The third kappa shape index (κ3) is 12.6. The van der Waals surface area contributed by atoms with E-state index in [1.807, 2.05) is 44.7 Å². The molecule has 0 saturated carbocycles.